The summed E-state index contributed by atoms with van der Waals surface area (Å²) >= 11 is 5.95. The third kappa shape index (κ3) is 3.24. The van der Waals surface area contributed by atoms with Crippen molar-refractivity contribution in [3.63, 3.8) is 0 Å². The summed E-state index contributed by atoms with van der Waals surface area (Å²) in [6.07, 6.45) is 1.56. The Hall–Kier alpha value is -1.59. The zero-order valence-electron chi connectivity index (χ0n) is 10.2. The molecule has 1 saturated heterocycles. The summed E-state index contributed by atoms with van der Waals surface area (Å²) in [7, 11) is 0. The first-order valence-electron chi connectivity index (χ1n) is 6.00. The Morgan fingerprint density at radius 1 is 1.42 bits per heavy atom. The van der Waals surface area contributed by atoms with Gasteiger partial charge in [-0.2, -0.15) is 0 Å². The van der Waals surface area contributed by atoms with Gasteiger partial charge in [0.25, 0.3) is 0 Å². The van der Waals surface area contributed by atoms with E-state index in [0.717, 1.165) is 12.8 Å². The summed E-state index contributed by atoms with van der Waals surface area (Å²) in [5.41, 5.74) is 0.129. The Kier molecular flexibility index (Phi) is 4.39. The second-order valence-corrected chi connectivity index (χ2v) is 4.78. The number of hydrogen-bond acceptors (Lipinski definition) is 3. The van der Waals surface area contributed by atoms with E-state index < -0.39 is 5.97 Å². The van der Waals surface area contributed by atoms with Crippen molar-refractivity contribution in [1.82, 2.24) is 0 Å². The smallest absolute Gasteiger partial charge is 0.337 e. The van der Waals surface area contributed by atoms with Crippen molar-refractivity contribution in [3.8, 4) is 0 Å². The van der Waals surface area contributed by atoms with E-state index in [1.165, 1.54) is 12.1 Å². The van der Waals surface area contributed by atoms with Gasteiger partial charge in [0, 0.05) is 6.61 Å². The Bertz CT molecular complexity index is 497. The van der Waals surface area contributed by atoms with Crippen LogP contribution < -0.4 is 5.32 Å². The Balaban J connectivity index is 2.18. The number of para-hydroxylation sites is 1. The van der Waals surface area contributed by atoms with Crippen LogP contribution in [0.15, 0.2) is 18.2 Å². The van der Waals surface area contributed by atoms with E-state index in [0.29, 0.717) is 13.2 Å². The van der Waals surface area contributed by atoms with Gasteiger partial charge in [0.1, 0.15) is 0 Å². The largest absolute Gasteiger partial charge is 0.478 e. The van der Waals surface area contributed by atoms with Gasteiger partial charge in [-0.05, 0) is 25.0 Å². The first-order valence-corrected chi connectivity index (χ1v) is 6.38. The predicted molar refractivity (Wildman–Crippen MR) is 70.6 cm³/mol. The molecule has 102 valence electrons. The average molecular weight is 284 g/mol. The van der Waals surface area contributed by atoms with Gasteiger partial charge in [-0.1, -0.05) is 17.7 Å². The molecule has 19 heavy (non-hydrogen) atoms. The number of benzene rings is 1. The summed E-state index contributed by atoms with van der Waals surface area (Å²) in [4.78, 5) is 23.1. The first kappa shape index (κ1) is 13.8. The maximum absolute atomic E-state index is 12.1. The highest BCUT2D eigenvalue weighted by Gasteiger charge is 2.24. The lowest BCUT2D eigenvalue weighted by atomic mass is 10.0. The minimum atomic E-state index is -1.13. The van der Waals surface area contributed by atoms with Gasteiger partial charge in [-0.25, -0.2) is 4.79 Å². The van der Waals surface area contributed by atoms with E-state index in [2.05, 4.69) is 5.32 Å². The molecule has 1 aromatic rings. The Morgan fingerprint density at radius 2 is 2.21 bits per heavy atom. The van der Waals surface area contributed by atoms with Crippen LogP contribution in [0.1, 0.15) is 23.2 Å². The second kappa shape index (κ2) is 6.04. The lowest BCUT2D eigenvalue weighted by molar-refractivity contribution is -0.123. The van der Waals surface area contributed by atoms with Crippen molar-refractivity contribution in [3.05, 3.63) is 28.8 Å². The standard InChI is InChI=1S/C13H14ClNO4/c14-10-5-1-4-9(13(17)18)11(10)15-12(16)8-3-2-6-19-7-8/h1,4-5,8H,2-3,6-7H2,(H,15,16)(H,17,18). The van der Waals surface area contributed by atoms with E-state index in [4.69, 9.17) is 21.4 Å². The summed E-state index contributed by atoms with van der Waals surface area (Å²) in [6.45, 7) is 1.02. The fourth-order valence-corrected chi connectivity index (χ4v) is 2.22. The van der Waals surface area contributed by atoms with E-state index in [-0.39, 0.29) is 28.1 Å². The van der Waals surface area contributed by atoms with Gasteiger partial charge in [-0.15, -0.1) is 0 Å². The van der Waals surface area contributed by atoms with Crippen LogP contribution in [0.4, 0.5) is 5.69 Å². The van der Waals surface area contributed by atoms with E-state index in [1.54, 1.807) is 6.07 Å². The minimum Gasteiger partial charge on any atom is -0.478 e. The molecule has 1 fully saturated rings. The lowest BCUT2D eigenvalue weighted by Crippen LogP contribution is -2.30. The van der Waals surface area contributed by atoms with Crippen LogP contribution in [0, 0.1) is 5.92 Å². The third-order valence-corrected chi connectivity index (χ3v) is 3.34. The molecule has 6 heteroatoms. The SMILES string of the molecule is O=C(O)c1cccc(Cl)c1NC(=O)C1CCCOC1. The van der Waals surface area contributed by atoms with E-state index in [9.17, 15) is 9.59 Å². The highest BCUT2D eigenvalue weighted by molar-refractivity contribution is 6.34. The molecular formula is C13H14ClNO4. The molecule has 0 saturated carbocycles. The quantitative estimate of drug-likeness (QED) is 0.893. The number of carboxylic acids is 1. The van der Waals surface area contributed by atoms with Gasteiger partial charge in [-0.3, -0.25) is 4.79 Å². The summed E-state index contributed by atoms with van der Waals surface area (Å²) < 4.78 is 5.24. The van der Waals surface area contributed by atoms with Crippen LogP contribution in [0.25, 0.3) is 0 Å². The number of carbonyl (C=O) groups is 2. The van der Waals surface area contributed by atoms with Gasteiger partial charge in [0.15, 0.2) is 0 Å². The number of carbonyl (C=O) groups excluding carboxylic acids is 1. The van der Waals surface area contributed by atoms with Crippen LogP contribution in [-0.2, 0) is 9.53 Å². The number of amides is 1. The molecule has 1 aliphatic heterocycles. The molecule has 2 N–H and O–H groups in total. The first-order chi connectivity index (χ1) is 9.09. The summed E-state index contributed by atoms with van der Waals surface area (Å²) in [5.74, 6) is -1.64. The summed E-state index contributed by atoms with van der Waals surface area (Å²) in [5, 5.41) is 11.9. The van der Waals surface area contributed by atoms with Gasteiger partial charge < -0.3 is 15.2 Å². The predicted octanol–water partition coefficient (Wildman–Crippen LogP) is 2.40. The maximum atomic E-state index is 12.1. The molecule has 1 amide bonds. The topological polar surface area (TPSA) is 75.6 Å². The Labute approximate surface area is 115 Å². The number of rotatable bonds is 3. The normalized spacial score (nSPS) is 18.9. The van der Waals surface area contributed by atoms with Crippen LogP contribution in [0.5, 0.6) is 0 Å². The van der Waals surface area contributed by atoms with Crippen molar-refractivity contribution in [2.45, 2.75) is 12.8 Å². The van der Waals surface area contributed by atoms with E-state index >= 15 is 0 Å². The van der Waals surface area contributed by atoms with Gasteiger partial charge in [0.05, 0.1) is 28.8 Å². The fourth-order valence-electron chi connectivity index (χ4n) is 2.00. The van der Waals surface area contributed by atoms with E-state index in [1.807, 2.05) is 0 Å². The molecule has 1 unspecified atom stereocenters. The number of ether oxygens (including phenoxy) is 1. The number of nitrogens with one attached hydrogen (secondary N) is 1. The molecule has 1 heterocycles. The summed E-state index contributed by atoms with van der Waals surface area (Å²) in [6, 6.07) is 4.48. The molecule has 0 spiro atoms. The molecule has 1 aliphatic rings. The van der Waals surface area contributed by atoms with Crippen molar-refractivity contribution in [1.29, 1.82) is 0 Å². The molecule has 0 aromatic heterocycles. The molecule has 5 nitrogen and oxygen atoms in total. The lowest BCUT2D eigenvalue weighted by Gasteiger charge is -2.22. The molecule has 1 aromatic carbocycles. The Morgan fingerprint density at radius 3 is 2.84 bits per heavy atom. The molecule has 0 bridgehead atoms. The number of aromatic carboxylic acids is 1. The maximum Gasteiger partial charge on any atom is 0.337 e. The van der Waals surface area contributed by atoms with Crippen LogP contribution in [0.2, 0.25) is 5.02 Å². The monoisotopic (exact) mass is 283 g/mol. The number of halogens is 1. The van der Waals surface area contributed by atoms with Crippen LogP contribution in [0.3, 0.4) is 0 Å². The second-order valence-electron chi connectivity index (χ2n) is 4.37. The van der Waals surface area contributed by atoms with Gasteiger partial charge in [0.2, 0.25) is 5.91 Å². The zero-order valence-corrected chi connectivity index (χ0v) is 10.9. The number of anilines is 1. The average Bonchev–Trinajstić information content (AvgIpc) is 2.41. The number of carboxylic acid groups (broad SMARTS) is 1. The molecule has 1 atom stereocenters. The van der Waals surface area contributed by atoms with Crippen molar-refractivity contribution >= 4 is 29.2 Å². The van der Waals surface area contributed by atoms with Gasteiger partial charge >= 0.3 is 5.97 Å². The van der Waals surface area contributed by atoms with Crippen LogP contribution >= 0.6 is 11.6 Å². The zero-order chi connectivity index (χ0) is 13.8. The molecular weight excluding hydrogens is 270 g/mol. The third-order valence-electron chi connectivity index (χ3n) is 3.02. The minimum absolute atomic E-state index is 0.0161. The van der Waals surface area contributed by atoms with Crippen LogP contribution in [-0.4, -0.2) is 30.2 Å². The highest BCUT2D eigenvalue weighted by atomic mass is 35.5. The fraction of sp³-hybridized carbons (Fsp3) is 0.385. The van der Waals surface area contributed by atoms with Crippen molar-refractivity contribution < 1.29 is 19.4 Å². The molecule has 0 aliphatic carbocycles. The van der Waals surface area contributed by atoms with Crippen molar-refractivity contribution in [2.24, 2.45) is 5.92 Å². The van der Waals surface area contributed by atoms with Crippen molar-refractivity contribution in [2.75, 3.05) is 18.5 Å². The molecule has 2 rings (SSSR count). The number of hydrogen-bond donors (Lipinski definition) is 2. The highest BCUT2D eigenvalue weighted by Crippen LogP contribution is 2.27. The molecule has 0 radical (unpaired) electrons.